The van der Waals surface area contributed by atoms with E-state index in [0.717, 1.165) is 37.4 Å². The molecule has 0 saturated carbocycles. The molecule has 0 radical (unpaired) electrons. The first-order valence-corrected chi connectivity index (χ1v) is 5.82. The molecule has 1 atom stereocenters. The molecule has 2 rings (SSSR count). The number of benzene rings is 1. The predicted molar refractivity (Wildman–Crippen MR) is 62.1 cm³/mol. The fraction of sp³-hybridized carbons (Fsp3) is 0.538. The molecule has 0 spiro atoms. The number of rotatable bonds is 3. The summed E-state index contributed by atoms with van der Waals surface area (Å²) in [6.45, 7) is 3.25. The molecule has 1 aliphatic rings. The van der Waals surface area contributed by atoms with Crippen LogP contribution in [-0.2, 0) is 6.42 Å². The van der Waals surface area contributed by atoms with Crippen molar-refractivity contribution in [3.8, 4) is 11.5 Å². The second kappa shape index (κ2) is 5.21. The van der Waals surface area contributed by atoms with Gasteiger partial charge in [0.15, 0.2) is 11.5 Å². The van der Waals surface area contributed by atoms with Crippen molar-refractivity contribution in [3.05, 3.63) is 23.8 Å². The highest BCUT2D eigenvalue weighted by molar-refractivity contribution is 5.43. The van der Waals surface area contributed by atoms with Crippen LogP contribution in [0, 0.1) is 0 Å². The second-order valence-electron chi connectivity index (χ2n) is 4.22. The fourth-order valence-electron chi connectivity index (χ4n) is 1.74. The average molecular weight is 222 g/mol. The van der Waals surface area contributed by atoms with Crippen molar-refractivity contribution < 1.29 is 14.6 Å². The van der Waals surface area contributed by atoms with E-state index in [2.05, 4.69) is 0 Å². The first-order chi connectivity index (χ1) is 7.75. The van der Waals surface area contributed by atoms with Crippen molar-refractivity contribution in [2.24, 2.45) is 0 Å². The minimum Gasteiger partial charge on any atom is -0.490 e. The molecule has 0 amide bonds. The van der Waals surface area contributed by atoms with Crippen LogP contribution in [-0.4, -0.2) is 24.4 Å². The van der Waals surface area contributed by atoms with E-state index in [-0.39, 0.29) is 6.10 Å². The first-order valence-electron chi connectivity index (χ1n) is 5.82. The van der Waals surface area contributed by atoms with E-state index < -0.39 is 0 Å². The molecule has 1 N–H and O–H groups in total. The number of hydrogen-bond donors (Lipinski definition) is 1. The van der Waals surface area contributed by atoms with Gasteiger partial charge in [-0.3, -0.25) is 0 Å². The lowest BCUT2D eigenvalue weighted by atomic mass is 10.1. The zero-order valence-corrected chi connectivity index (χ0v) is 9.61. The highest BCUT2D eigenvalue weighted by atomic mass is 16.5. The highest BCUT2D eigenvalue weighted by Crippen LogP contribution is 2.30. The molecule has 3 nitrogen and oxygen atoms in total. The van der Waals surface area contributed by atoms with Gasteiger partial charge in [-0.25, -0.2) is 0 Å². The van der Waals surface area contributed by atoms with E-state index in [1.54, 1.807) is 0 Å². The van der Waals surface area contributed by atoms with E-state index in [4.69, 9.17) is 9.47 Å². The van der Waals surface area contributed by atoms with Gasteiger partial charge in [0.1, 0.15) is 0 Å². The molecule has 0 aliphatic carbocycles. The number of aliphatic hydroxyl groups excluding tert-OH is 1. The number of fused-ring (bicyclic) bond motifs is 1. The molecule has 0 fully saturated rings. The summed E-state index contributed by atoms with van der Waals surface area (Å²) in [6, 6.07) is 6.01. The zero-order valence-electron chi connectivity index (χ0n) is 9.61. The number of hydrogen-bond acceptors (Lipinski definition) is 3. The van der Waals surface area contributed by atoms with Gasteiger partial charge in [0.2, 0.25) is 0 Å². The third-order valence-corrected chi connectivity index (χ3v) is 2.66. The van der Waals surface area contributed by atoms with Crippen molar-refractivity contribution >= 4 is 0 Å². The maximum atomic E-state index is 9.24. The first kappa shape index (κ1) is 11.3. The lowest BCUT2D eigenvalue weighted by Crippen LogP contribution is -2.01. The van der Waals surface area contributed by atoms with Crippen LogP contribution in [0.1, 0.15) is 25.3 Å². The van der Waals surface area contributed by atoms with Gasteiger partial charge < -0.3 is 14.6 Å². The maximum Gasteiger partial charge on any atom is 0.161 e. The molecule has 1 aromatic carbocycles. The van der Waals surface area contributed by atoms with Gasteiger partial charge >= 0.3 is 0 Å². The Hall–Kier alpha value is -1.22. The topological polar surface area (TPSA) is 38.7 Å². The lowest BCUT2D eigenvalue weighted by Gasteiger charge is -2.10. The van der Waals surface area contributed by atoms with Gasteiger partial charge in [-0.15, -0.1) is 0 Å². The number of aliphatic hydroxyl groups is 1. The Morgan fingerprint density at radius 2 is 2.00 bits per heavy atom. The van der Waals surface area contributed by atoms with Gasteiger partial charge in [-0.05, 0) is 37.5 Å². The minimum absolute atomic E-state index is 0.254. The third kappa shape index (κ3) is 2.89. The van der Waals surface area contributed by atoms with Crippen LogP contribution in [0.25, 0.3) is 0 Å². The quantitative estimate of drug-likeness (QED) is 0.851. The Bertz CT molecular complexity index is 347. The molecule has 0 aromatic heterocycles. The number of ether oxygens (including phenoxy) is 2. The van der Waals surface area contributed by atoms with Crippen molar-refractivity contribution in [3.63, 3.8) is 0 Å². The minimum atomic E-state index is -0.254. The predicted octanol–water partition coefficient (Wildman–Crippen LogP) is 2.16. The summed E-state index contributed by atoms with van der Waals surface area (Å²) < 4.78 is 11.2. The molecule has 1 unspecified atom stereocenters. The summed E-state index contributed by atoms with van der Waals surface area (Å²) in [5, 5.41) is 9.24. The molecule has 0 saturated heterocycles. The second-order valence-corrected chi connectivity index (χ2v) is 4.22. The standard InChI is InChI=1S/C13H18O3/c1-10(14)3-4-11-5-6-12-13(9-11)16-8-2-7-15-12/h5-6,9-10,14H,2-4,7-8H2,1H3. The van der Waals surface area contributed by atoms with Crippen LogP contribution in [0.5, 0.6) is 11.5 Å². The summed E-state index contributed by atoms with van der Waals surface area (Å²) in [6.07, 6.45) is 2.32. The van der Waals surface area contributed by atoms with Crippen molar-refractivity contribution in [2.75, 3.05) is 13.2 Å². The molecular formula is C13H18O3. The van der Waals surface area contributed by atoms with Crippen LogP contribution in [0.2, 0.25) is 0 Å². The lowest BCUT2D eigenvalue weighted by molar-refractivity contribution is 0.185. The average Bonchev–Trinajstić information content (AvgIpc) is 2.50. The molecular weight excluding hydrogens is 204 g/mol. The Balaban J connectivity index is 2.08. The van der Waals surface area contributed by atoms with Crippen molar-refractivity contribution in [2.45, 2.75) is 32.3 Å². The SMILES string of the molecule is CC(O)CCc1ccc2c(c1)OCCCO2. The smallest absolute Gasteiger partial charge is 0.161 e. The fourth-order valence-corrected chi connectivity index (χ4v) is 1.74. The third-order valence-electron chi connectivity index (χ3n) is 2.66. The van der Waals surface area contributed by atoms with Gasteiger partial charge in [0, 0.05) is 6.42 Å². The summed E-state index contributed by atoms with van der Waals surface area (Å²) in [4.78, 5) is 0. The van der Waals surface area contributed by atoms with Crippen LogP contribution < -0.4 is 9.47 Å². The Kier molecular flexibility index (Phi) is 3.67. The summed E-state index contributed by atoms with van der Waals surface area (Å²) in [7, 11) is 0. The van der Waals surface area contributed by atoms with Crippen molar-refractivity contribution in [1.29, 1.82) is 0 Å². The highest BCUT2D eigenvalue weighted by Gasteiger charge is 2.10. The zero-order chi connectivity index (χ0) is 11.4. The molecule has 0 bridgehead atoms. The summed E-state index contributed by atoms with van der Waals surface area (Å²) in [5.41, 5.74) is 1.19. The van der Waals surface area contributed by atoms with Crippen LogP contribution in [0.3, 0.4) is 0 Å². The normalized spacial score (nSPS) is 16.6. The van der Waals surface area contributed by atoms with Crippen LogP contribution in [0.15, 0.2) is 18.2 Å². The number of aryl methyl sites for hydroxylation is 1. The summed E-state index contributed by atoms with van der Waals surface area (Å²) >= 11 is 0. The van der Waals surface area contributed by atoms with E-state index in [9.17, 15) is 5.11 Å². The molecule has 1 heterocycles. The Morgan fingerprint density at radius 3 is 2.75 bits per heavy atom. The van der Waals surface area contributed by atoms with Gasteiger partial charge in [0.05, 0.1) is 19.3 Å². The van der Waals surface area contributed by atoms with Crippen molar-refractivity contribution in [1.82, 2.24) is 0 Å². The molecule has 16 heavy (non-hydrogen) atoms. The van der Waals surface area contributed by atoms with Crippen LogP contribution in [0.4, 0.5) is 0 Å². The monoisotopic (exact) mass is 222 g/mol. The molecule has 88 valence electrons. The Labute approximate surface area is 96.0 Å². The summed E-state index contributed by atoms with van der Waals surface area (Å²) in [5.74, 6) is 1.67. The van der Waals surface area contributed by atoms with E-state index >= 15 is 0 Å². The Morgan fingerprint density at radius 1 is 1.25 bits per heavy atom. The molecule has 1 aliphatic heterocycles. The van der Waals surface area contributed by atoms with E-state index in [0.29, 0.717) is 6.61 Å². The molecule has 1 aromatic rings. The maximum absolute atomic E-state index is 9.24. The van der Waals surface area contributed by atoms with Gasteiger partial charge in [-0.1, -0.05) is 6.07 Å². The largest absolute Gasteiger partial charge is 0.490 e. The van der Waals surface area contributed by atoms with E-state index in [1.165, 1.54) is 5.56 Å². The molecule has 3 heteroatoms. The van der Waals surface area contributed by atoms with Gasteiger partial charge in [-0.2, -0.15) is 0 Å². The van der Waals surface area contributed by atoms with Crippen LogP contribution >= 0.6 is 0 Å². The van der Waals surface area contributed by atoms with Gasteiger partial charge in [0.25, 0.3) is 0 Å². The van der Waals surface area contributed by atoms with E-state index in [1.807, 2.05) is 25.1 Å².